The van der Waals surface area contributed by atoms with Gasteiger partial charge in [0.15, 0.2) is 5.78 Å². The Labute approximate surface area is 171 Å². The van der Waals surface area contributed by atoms with E-state index in [1.165, 1.54) is 56.3 Å². The van der Waals surface area contributed by atoms with Crippen LogP contribution in [-0.4, -0.2) is 40.6 Å². The summed E-state index contributed by atoms with van der Waals surface area (Å²) in [6, 6.07) is -0.339. The molecular weight excluding hydrogens is 443 g/mol. The van der Waals surface area contributed by atoms with Gasteiger partial charge in [0.25, 0.3) is 0 Å². The lowest BCUT2D eigenvalue weighted by atomic mass is 9.80. The molecule has 0 radical (unpaired) electrons. The van der Waals surface area contributed by atoms with Crippen LogP contribution in [-0.2, 0) is 4.79 Å². The van der Waals surface area contributed by atoms with Gasteiger partial charge in [0.05, 0.1) is 17.0 Å². The van der Waals surface area contributed by atoms with Gasteiger partial charge in [-0.05, 0) is 38.0 Å². The highest BCUT2D eigenvalue weighted by Crippen LogP contribution is 2.31. The minimum absolute atomic E-state index is 0.0201. The van der Waals surface area contributed by atoms with Gasteiger partial charge in [-0.1, -0.05) is 54.7 Å². The fourth-order valence-electron chi connectivity index (χ4n) is 5.58. The maximum atomic E-state index is 12.8. The van der Waals surface area contributed by atoms with Crippen molar-refractivity contribution in [3.05, 3.63) is 5.21 Å². The van der Waals surface area contributed by atoms with E-state index in [9.17, 15) is 15.2 Å². The number of hydrogen-bond acceptors (Lipinski definition) is 3. The number of alkyl halides is 1. The minimum Gasteiger partial charge on any atom is -0.600 e. The second kappa shape index (κ2) is 10.1. The van der Waals surface area contributed by atoms with Gasteiger partial charge in [0.2, 0.25) is 0 Å². The number of nitrogens with one attached hydrogen (secondary N) is 2. The summed E-state index contributed by atoms with van der Waals surface area (Å²) < 4.78 is 0.177. The molecule has 150 valence electrons. The normalized spacial score (nSPS) is 38.0. The second-order valence-corrected chi connectivity index (χ2v) is 10.7. The third-order valence-corrected chi connectivity index (χ3v) is 8.57. The summed E-state index contributed by atoms with van der Waals surface area (Å²) in [6.07, 6.45) is 13.4. The van der Waals surface area contributed by atoms with E-state index < -0.39 is 5.23 Å². The number of Topliss-reactive ketones (excluding diaryl/α,β-unsaturated/α-hetero) is 1. The molecule has 1 heterocycles. The molecule has 3 fully saturated rings. The fourth-order valence-corrected chi connectivity index (χ4v) is 6.54. The first-order valence-electron chi connectivity index (χ1n) is 10.8. The van der Waals surface area contributed by atoms with Crippen molar-refractivity contribution in [1.82, 2.24) is 0 Å². The Morgan fingerprint density at radius 2 is 1.81 bits per heavy atom. The highest BCUT2D eigenvalue weighted by Gasteiger charge is 2.38. The number of piperidine rings is 1. The van der Waals surface area contributed by atoms with E-state index in [2.05, 4.69) is 22.6 Å². The van der Waals surface area contributed by atoms with Gasteiger partial charge in [-0.15, -0.1) is 0 Å². The average molecular weight is 479 g/mol. The van der Waals surface area contributed by atoms with Crippen molar-refractivity contribution in [2.75, 3.05) is 19.6 Å². The predicted molar refractivity (Wildman–Crippen MR) is 110 cm³/mol. The molecule has 1 aliphatic heterocycles. The smallest absolute Gasteiger partial charge is 0.190 e. The van der Waals surface area contributed by atoms with Crippen LogP contribution in [0.5, 0.6) is 0 Å². The van der Waals surface area contributed by atoms with Gasteiger partial charge in [0, 0.05) is 18.3 Å². The fraction of sp³-hybridized carbons (Fsp3) is 0.950. The van der Waals surface area contributed by atoms with Gasteiger partial charge >= 0.3 is 0 Å². The highest BCUT2D eigenvalue weighted by molar-refractivity contribution is 14.1. The van der Waals surface area contributed by atoms with E-state index >= 15 is 0 Å². The molecular formula is C20H36IN2O3+. The lowest BCUT2D eigenvalue weighted by molar-refractivity contribution is -1.07. The number of hydroxylamine groups is 2. The first-order chi connectivity index (χ1) is 12.5. The molecule has 1 saturated heterocycles. The van der Waals surface area contributed by atoms with Crippen LogP contribution in [0.4, 0.5) is 0 Å². The van der Waals surface area contributed by atoms with Crippen LogP contribution < -0.4 is 10.1 Å². The molecule has 0 bridgehead atoms. The van der Waals surface area contributed by atoms with Crippen LogP contribution in [0, 0.1) is 23.0 Å². The third kappa shape index (κ3) is 5.87. The van der Waals surface area contributed by atoms with Crippen LogP contribution in [0.3, 0.4) is 0 Å². The van der Waals surface area contributed by atoms with Crippen LogP contribution in [0.15, 0.2) is 0 Å². The summed E-state index contributed by atoms with van der Waals surface area (Å²) in [5.41, 5.74) is 0. The molecule has 6 unspecified atom stereocenters. The zero-order chi connectivity index (χ0) is 18.5. The summed E-state index contributed by atoms with van der Waals surface area (Å²) >= 11 is 2.25. The maximum Gasteiger partial charge on any atom is 0.190 e. The van der Waals surface area contributed by atoms with E-state index in [4.69, 9.17) is 0 Å². The minimum atomic E-state index is -0.722. The summed E-state index contributed by atoms with van der Waals surface area (Å²) in [6.45, 7) is 2.91. The van der Waals surface area contributed by atoms with Crippen LogP contribution in [0.2, 0.25) is 0 Å². The second-order valence-electron chi connectivity index (χ2n) is 9.07. The highest BCUT2D eigenvalue weighted by atomic mass is 127. The number of hydrogen-bond donors (Lipinski definition) is 3. The molecule has 5 nitrogen and oxygen atoms in total. The number of carbonyl (C=O) groups excluding carboxylic acids is 1. The Hall–Kier alpha value is 0.240. The maximum absolute atomic E-state index is 12.8. The molecule has 3 N–H and O–H groups in total. The molecule has 6 atom stereocenters. The van der Waals surface area contributed by atoms with E-state index in [1.807, 2.05) is 0 Å². The lowest BCUT2D eigenvalue weighted by Gasteiger charge is -2.36. The third-order valence-electron chi connectivity index (χ3n) is 7.07. The molecule has 0 aromatic carbocycles. The quantitative estimate of drug-likeness (QED) is 0.308. The van der Waals surface area contributed by atoms with Crippen LogP contribution in [0.25, 0.3) is 0 Å². The zero-order valence-corrected chi connectivity index (χ0v) is 18.1. The van der Waals surface area contributed by atoms with E-state index in [0.717, 1.165) is 37.8 Å². The topological polar surface area (TPSA) is 69.2 Å². The molecule has 0 aromatic heterocycles. The van der Waals surface area contributed by atoms with Crippen molar-refractivity contribution < 1.29 is 20.1 Å². The van der Waals surface area contributed by atoms with Crippen molar-refractivity contribution in [1.29, 1.82) is 0 Å². The molecule has 26 heavy (non-hydrogen) atoms. The standard InChI is InChI=1S/C20H35IN2O3/c21-18-9-8-17(12-19(18)23(25)26)20(24)14-22-10-4-7-16(13-22)11-15-5-2-1-3-6-15/h15-19,23,25H,1-14H2/p+1. The molecule has 0 spiro atoms. The monoisotopic (exact) mass is 479 g/mol. The average Bonchev–Trinajstić information content (AvgIpc) is 2.63. The van der Waals surface area contributed by atoms with Crippen molar-refractivity contribution in [2.24, 2.45) is 17.8 Å². The summed E-state index contributed by atoms with van der Waals surface area (Å²) in [7, 11) is 0. The molecule has 2 saturated carbocycles. The van der Waals surface area contributed by atoms with Gasteiger partial charge in [0.1, 0.15) is 12.6 Å². The molecule has 3 aliphatic rings. The number of quaternary nitrogens is 2. The molecule has 6 heteroatoms. The number of ketones is 1. The van der Waals surface area contributed by atoms with Crippen molar-refractivity contribution in [3.8, 4) is 0 Å². The van der Waals surface area contributed by atoms with Gasteiger partial charge in [-0.25, -0.2) is 10.4 Å². The van der Waals surface area contributed by atoms with Crippen molar-refractivity contribution in [3.63, 3.8) is 0 Å². The number of halogens is 1. The summed E-state index contributed by atoms with van der Waals surface area (Å²) in [5, 5.41) is 20.1. The van der Waals surface area contributed by atoms with Crippen molar-refractivity contribution >= 4 is 28.4 Å². The Morgan fingerprint density at radius 3 is 2.54 bits per heavy atom. The zero-order valence-electron chi connectivity index (χ0n) is 15.9. The van der Waals surface area contributed by atoms with E-state index in [0.29, 0.717) is 18.7 Å². The number of carbonyl (C=O) groups is 1. The number of likely N-dealkylation sites (tertiary alicyclic amines) is 1. The summed E-state index contributed by atoms with van der Waals surface area (Å²) in [4.78, 5) is 14.3. The molecule has 3 rings (SSSR count). The van der Waals surface area contributed by atoms with Crippen LogP contribution in [0.1, 0.15) is 70.6 Å². The van der Waals surface area contributed by atoms with E-state index in [-0.39, 0.29) is 15.9 Å². The van der Waals surface area contributed by atoms with Crippen molar-refractivity contribution in [2.45, 2.75) is 80.6 Å². The Balaban J connectivity index is 1.46. The Bertz CT molecular complexity index is 456. The first kappa shape index (κ1) is 21.0. The first-order valence-corrected chi connectivity index (χ1v) is 12.0. The summed E-state index contributed by atoms with van der Waals surface area (Å²) in [5.74, 6) is 2.03. The van der Waals surface area contributed by atoms with Gasteiger partial charge < -0.3 is 10.1 Å². The van der Waals surface area contributed by atoms with E-state index in [1.54, 1.807) is 0 Å². The Morgan fingerprint density at radius 1 is 1.08 bits per heavy atom. The number of rotatable bonds is 6. The lowest BCUT2D eigenvalue weighted by Crippen LogP contribution is -3.14. The largest absolute Gasteiger partial charge is 0.600 e. The predicted octanol–water partition coefficient (Wildman–Crippen LogP) is 1.56. The van der Waals surface area contributed by atoms with Crippen LogP contribution >= 0.6 is 22.6 Å². The molecule has 0 amide bonds. The Kier molecular flexibility index (Phi) is 8.18. The SMILES string of the molecule is O=C(C[NH+]1CCCC(CC2CCCCC2)C1)C1CCC(I)C([NH+]([O-])O)C1. The van der Waals surface area contributed by atoms with Gasteiger partial charge in [-0.2, -0.15) is 0 Å². The molecule has 0 aromatic rings. The molecule has 2 aliphatic carbocycles. The van der Waals surface area contributed by atoms with Gasteiger partial charge in [-0.3, -0.25) is 4.79 Å².